The maximum absolute atomic E-state index is 10.4. The molecule has 0 saturated heterocycles. The van der Waals surface area contributed by atoms with E-state index in [1.807, 2.05) is 0 Å². The standard InChI is InChI=1S/C30H50O/c1-23(2)13-11-16-25(4)18-12-17-24(3)14-9-10-15-26(5)19-21-28-27(6)20-22-29(31)30(28,7)8/h13-15,18,28-29,31H,6,9-12,16-17,19-22H2,1-5,7-8H3/t28-,29+/m1/s1. The molecule has 0 spiro atoms. The minimum atomic E-state index is -0.198. The highest BCUT2D eigenvalue weighted by Gasteiger charge is 2.40. The van der Waals surface area contributed by atoms with Gasteiger partial charge in [-0.2, -0.15) is 0 Å². The maximum atomic E-state index is 10.4. The van der Waals surface area contributed by atoms with E-state index < -0.39 is 0 Å². The molecule has 1 rings (SSSR count). The molecule has 0 aromatic heterocycles. The highest BCUT2D eigenvalue weighted by molar-refractivity contribution is 5.13. The molecule has 31 heavy (non-hydrogen) atoms. The molecule has 176 valence electrons. The molecule has 1 aliphatic carbocycles. The molecule has 2 atom stereocenters. The van der Waals surface area contributed by atoms with Crippen molar-refractivity contribution in [2.24, 2.45) is 11.3 Å². The van der Waals surface area contributed by atoms with Crippen LogP contribution in [0.25, 0.3) is 0 Å². The average Bonchev–Trinajstić information content (AvgIpc) is 2.68. The van der Waals surface area contributed by atoms with Crippen molar-refractivity contribution >= 4 is 0 Å². The fourth-order valence-corrected chi connectivity index (χ4v) is 4.68. The van der Waals surface area contributed by atoms with Crippen LogP contribution in [0.2, 0.25) is 0 Å². The molecule has 1 saturated carbocycles. The molecule has 0 bridgehead atoms. The summed E-state index contributed by atoms with van der Waals surface area (Å²) in [6, 6.07) is 0. The Morgan fingerprint density at radius 2 is 1.32 bits per heavy atom. The van der Waals surface area contributed by atoms with Crippen LogP contribution >= 0.6 is 0 Å². The number of rotatable bonds is 12. The van der Waals surface area contributed by atoms with Gasteiger partial charge in [0.05, 0.1) is 6.10 Å². The van der Waals surface area contributed by atoms with Crippen molar-refractivity contribution in [2.75, 3.05) is 0 Å². The van der Waals surface area contributed by atoms with Gasteiger partial charge in [-0.05, 0) is 110 Å². The number of hydrogen-bond donors (Lipinski definition) is 1. The molecule has 0 aliphatic heterocycles. The predicted octanol–water partition coefficient (Wildman–Crippen LogP) is 9.27. The van der Waals surface area contributed by atoms with E-state index in [-0.39, 0.29) is 11.5 Å². The largest absolute Gasteiger partial charge is 0.393 e. The smallest absolute Gasteiger partial charge is 0.0599 e. The monoisotopic (exact) mass is 426 g/mol. The van der Waals surface area contributed by atoms with Gasteiger partial charge in [0.25, 0.3) is 0 Å². The summed E-state index contributed by atoms with van der Waals surface area (Å²) in [6.07, 6.45) is 20.4. The van der Waals surface area contributed by atoms with Crippen LogP contribution in [-0.4, -0.2) is 11.2 Å². The molecule has 0 heterocycles. The van der Waals surface area contributed by atoms with E-state index in [9.17, 15) is 5.11 Å². The normalized spacial score (nSPS) is 22.6. The van der Waals surface area contributed by atoms with Crippen molar-refractivity contribution in [3.8, 4) is 0 Å². The van der Waals surface area contributed by atoms with E-state index in [0.717, 1.165) is 51.4 Å². The predicted molar refractivity (Wildman–Crippen MR) is 139 cm³/mol. The molecule has 0 unspecified atom stereocenters. The van der Waals surface area contributed by atoms with Crippen molar-refractivity contribution in [3.63, 3.8) is 0 Å². The van der Waals surface area contributed by atoms with Crippen LogP contribution in [-0.2, 0) is 0 Å². The summed E-state index contributed by atoms with van der Waals surface area (Å²) < 4.78 is 0. The molecule has 1 N–H and O–H groups in total. The number of unbranched alkanes of at least 4 members (excludes halogenated alkanes) is 1. The van der Waals surface area contributed by atoms with E-state index in [0.29, 0.717) is 5.92 Å². The second-order valence-electron chi connectivity index (χ2n) is 10.7. The van der Waals surface area contributed by atoms with Crippen molar-refractivity contribution < 1.29 is 5.11 Å². The fraction of sp³-hybridized carbons (Fsp3) is 0.667. The van der Waals surface area contributed by atoms with Crippen LogP contribution < -0.4 is 0 Å². The summed E-state index contributed by atoms with van der Waals surface area (Å²) in [5.41, 5.74) is 7.20. The molecular formula is C30H50O. The van der Waals surface area contributed by atoms with Gasteiger partial charge in [-0.15, -0.1) is 0 Å². The minimum absolute atomic E-state index is 0.0477. The first kappa shape index (κ1) is 27.7. The molecule has 0 radical (unpaired) electrons. The van der Waals surface area contributed by atoms with Crippen LogP contribution in [0.4, 0.5) is 0 Å². The zero-order chi connectivity index (χ0) is 23.4. The lowest BCUT2D eigenvalue weighted by molar-refractivity contribution is -0.00880. The quantitative estimate of drug-likeness (QED) is 0.243. The van der Waals surface area contributed by atoms with Gasteiger partial charge in [-0.25, -0.2) is 0 Å². The molecular weight excluding hydrogens is 376 g/mol. The van der Waals surface area contributed by atoms with E-state index in [2.05, 4.69) is 79.3 Å². The van der Waals surface area contributed by atoms with E-state index in [1.165, 1.54) is 40.7 Å². The lowest BCUT2D eigenvalue weighted by atomic mass is 9.63. The summed E-state index contributed by atoms with van der Waals surface area (Å²) in [6.45, 7) is 19.9. The van der Waals surface area contributed by atoms with Crippen LogP contribution in [0, 0.1) is 11.3 Å². The van der Waals surface area contributed by atoms with Crippen molar-refractivity contribution in [3.05, 3.63) is 58.7 Å². The lowest BCUT2D eigenvalue weighted by Crippen LogP contribution is -2.41. The van der Waals surface area contributed by atoms with Crippen LogP contribution in [0.5, 0.6) is 0 Å². The van der Waals surface area contributed by atoms with E-state index in [1.54, 1.807) is 0 Å². The summed E-state index contributed by atoms with van der Waals surface area (Å²) in [5, 5.41) is 10.4. The van der Waals surface area contributed by atoms with E-state index >= 15 is 0 Å². The van der Waals surface area contributed by atoms with Crippen molar-refractivity contribution in [1.82, 2.24) is 0 Å². The number of allylic oxidation sites excluding steroid dienone is 9. The Hall–Kier alpha value is -1.34. The first-order valence-corrected chi connectivity index (χ1v) is 12.5. The third-order valence-corrected chi connectivity index (χ3v) is 7.09. The highest BCUT2D eigenvalue weighted by Crippen LogP contribution is 2.45. The first-order chi connectivity index (χ1) is 14.5. The first-order valence-electron chi connectivity index (χ1n) is 12.5. The summed E-state index contributed by atoms with van der Waals surface area (Å²) >= 11 is 0. The van der Waals surface area contributed by atoms with Crippen LogP contribution in [0.15, 0.2) is 58.7 Å². The van der Waals surface area contributed by atoms with Gasteiger partial charge < -0.3 is 5.11 Å². The van der Waals surface area contributed by atoms with Crippen molar-refractivity contribution in [1.29, 1.82) is 0 Å². The Bertz CT molecular complexity index is 679. The Morgan fingerprint density at radius 1 is 0.839 bits per heavy atom. The SMILES string of the molecule is C=C1CC[C@H](O)C(C)(C)[C@@H]1CCC(C)=CCCC=C(C)CCC=C(C)CCC=C(C)C. The molecule has 1 aliphatic rings. The van der Waals surface area contributed by atoms with Gasteiger partial charge in [-0.3, -0.25) is 0 Å². The Labute approximate surface area is 194 Å². The topological polar surface area (TPSA) is 20.2 Å². The average molecular weight is 427 g/mol. The second kappa shape index (κ2) is 13.9. The van der Waals surface area contributed by atoms with Gasteiger partial charge in [0.2, 0.25) is 0 Å². The maximum Gasteiger partial charge on any atom is 0.0599 e. The minimum Gasteiger partial charge on any atom is -0.393 e. The third-order valence-electron chi connectivity index (χ3n) is 7.09. The third kappa shape index (κ3) is 10.7. The highest BCUT2D eigenvalue weighted by atomic mass is 16.3. The summed E-state index contributed by atoms with van der Waals surface area (Å²) in [7, 11) is 0. The zero-order valence-electron chi connectivity index (χ0n) is 21.7. The molecule has 1 nitrogen and oxygen atoms in total. The second-order valence-corrected chi connectivity index (χ2v) is 10.7. The zero-order valence-corrected chi connectivity index (χ0v) is 21.7. The Morgan fingerprint density at radius 3 is 1.87 bits per heavy atom. The Kier molecular flexibility index (Phi) is 12.5. The van der Waals surface area contributed by atoms with Gasteiger partial charge in [0.15, 0.2) is 0 Å². The number of hydrogen-bond acceptors (Lipinski definition) is 1. The molecule has 0 aromatic carbocycles. The van der Waals surface area contributed by atoms with Crippen molar-refractivity contribution in [2.45, 2.75) is 119 Å². The van der Waals surface area contributed by atoms with Crippen LogP contribution in [0.1, 0.15) is 113 Å². The van der Waals surface area contributed by atoms with Gasteiger partial charge in [-0.1, -0.05) is 72.6 Å². The summed E-state index contributed by atoms with van der Waals surface area (Å²) in [4.78, 5) is 0. The number of aliphatic hydroxyl groups is 1. The number of aliphatic hydroxyl groups excluding tert-OH is 1. The molecule has 1 heteroatoms. The van der Waals surface area contributed by atoms with Crippen LogP contribution in [0.3, 0.4) is 0 Å². The Balaban J connectivity index is 2.33. The molecule has 1 fully saturated rings. The molecule has 0 aromatic rings. The van der Waals surface area contributed by atoms with Gasteiger partial charge in [0.1, 0.15) is 0 Å². The van der Waals surface area contributed by atoms with E-state index in [4.69, 9.17) is 0 Å². The lowest BCUT2D eigenvalue weighted by Gasteiger charge is -2.44. The van der Waals surface area contributed by atoms with Gasteiger partial charge in [0, 0.05) is 0 Å². The van der Waals surface area contributed by atoms with Gasteiger partial charge >= 0.3 is 0 Å². The fourth-order valence-electron chi connectivity index (χ4n) is 4.68. The summed E-state index contributed by atoms with van der Waals surface area (Å²) in [5.74, 6) is 0.431. The molecule has 0 amide bonds.